The van der Waals surface area contributed by atoms with Crippen LogP contribution < -0.4 is 10.6 Å². The zero-order chi connectivity index (χ0) is 13.1. The van der Waals surface area contributed by atoms with Crippen LogP contribution in [-0.2, 0) is 0 Å². The Balaban J connectivity index is 0.00000147. The molecule has 0 aromatic heterocycles. The average molecular weight is 331 g/mol. The lowest BCUT2D eigenvalue weighted by molar-refractivity contribution is 0.0942. The van der Waals surface area contributed by atoms with Gasteiger partial charge in [0.15, 0.2) is 0 Å². The number of nitrogens with one attached hydrogen (secondary N) is 2. The van der Waals surface area contributed by atoms with E-state index in [1.54, 1.807) is 0 Å². The van der Waals surface area contributed by atoms with E-state index in [1.807, 2.05) is 35.7 Å². The molecule has 0 atom stereocenters. The van der Waals surface area contributed by atoms with Crippen molar-refractivity contribution in [3.63, 3.8) is 0 Å². The predicted octanol–water partition coefficient (Wildman–Crippen LogP) is 2.54. The van der Waals surface area contributed by atoms with Crippen LogP contribution in [0.2, 0.25) is 0 Å². The zero-order valence-corrected chi connectivity index (χ0v) is 13.6. The summed E-state index contributed by atoms with van der Waals surface area (Å²) in [6.07, 6.45) is 0. The Hall–Kier alpha value is -0.360. The number of hydrogen-bond donors (Lipinski definition) is 2. The predicted molar refractivity (Wildman–Crippen MR) is 90.0 cm³/mol. The summed E-state index contributed by atoms with van der Waals surface area (Å²) < 4.78 is 0.554. The van der Waals surface area contributed by atoms with Crippen molar-refractivity contribution in [2.45, 2.75) is 4.58 Å². The van der Waals surface area contributed by atoms with Gasteiger partial charge < -0.3 is 10.6 Å². The highest BCUT2D eigenvalue weighted by atomic mass is 35.5. The number of thioether (sulfide) groups is 2. The molecule has 3 nitrogen and oxygen atoms in total. The van der Waals surface area contributed by atoms with Gasteiger partial charge in [-0.3, -0.25) is 4.79 Å². The van der Waals surface area contributed by atoms with Crippen molar-refractivity contribution >= 4 is 41.8 Å². The fraction of sp³-hybridized carbons (Fsp3) is 0.500. The second kappa shape index (κ2) is 7.59. The fourth-order valence-corrected chi connectivity index (χ4v) is 5.03. The molecule has 0 saturated carbocycles. The molecule has 2 heterocycles. The Morgan fingerprint density at radius 3 is 2.40 bits per heavy atom. The lowest BCUT2D eigenvalue weighted by Gasteiger charge is -2.27. The lowest BCUT2D eigenvalue weighted by Crippen LogP contribution is -2.48. The minimum atomic E-state index is 0. The third-order valence-electron chi connectivity index (χ3n) is 3.48. The molecule has 1 amide bonds. The van der Waals surface area contributed by atoms with E-state index >= 15 is 0 Å². The fourth-order valence-electron chi connectivity index (χ4n) is 2.17. The molecule has 0 bridgehead atoms. The van der Waals surface area contributed by atoms with Crippen LogP contribution in [0, 0.1) is 5.92 Å². The second-order valence-corrected chi connectivity index (χ2v) is 7.65. The Morgan fingerprint density at radius 1 is 1.20 bits per heavy atom. The monoisotopic (exact) mass is 330 g/mol. The lowest BCUT2D eigenvalue weighted by atomic mass is 10.0. The molecule has 2 fully saturated rings. The summed E-state index contributed by atoms with van der Waals surface area (Å²) in [6, 6.07) is 8.08. The highest BCUT2D eigenvalue weighted by Crippen LogP contribution is 2.45. The largest absolute Gasteiger partial charge is 0.352 e. The first-order valence-electron chi connectivity index (χ1n) is 6.65. The highest BCUT2D eigenvalue weighted by molar-refractivity contribution is 8.19. The van der Waals surface area contributed by atoms with E-state index in [9.17, 15) is 4.79 Å². The summed E-state index contributed by atoms with van der Waals surface area (Å²) in [5.74, 6) is 3.11. The third-order valence-corrected chi connectivity index (χ3v) is 6.59. The molecule has 0 spiro atoms. The van der Waals surface area contributed by atoms with Gasteiger partial charge in [-0.15, -0.1) is 35.9 Å². The molecule has 0 radical (unpaired) electrons. The summed E-state index contributed by atoms with van der Waals surface area (Å²) in [4.78, 5) is 12.0. The molecule has 2 aliphatic rings. The van der Waals surface area contributed by atoms with Crippen molar-refractivity contribution in [3.8, 4) is 0 Å². The summed E-state index contributed by atoms with van der Waals surface area (Å²) in [5, 5.41) is 6.21. The van der Waals surface area contributed by atoms with Gasteiger partial charge in [0.25, 0.3) is 5.91 Å². The Kier molecular flexibility index (Phi) is 6.08. The van der Waals surface area contributed by atoms with Gasteiger partial charge in [0.05, 0.1) is 4.58 Å². The van der Waals surface area contributed by atoms with Crippen molar-refractivity contribution in [3.05, 3.63) is 35.4 Å². The SMILES string of the molecule is Cl.O=C(NCC1CNC1)c1ccc(C2SCCS2)cc1. The molecule has 110 valence electrons. The highest BCUT2D eigenvalue weighted by Gasteiger charge is 2.19. The van der Waals surface area contributed by atoms with E-state index < -0.39 is 0 Å². The molecule has 2 aliphatic heterocycles. The average Bonchev–Trinajstić information content (AvgIpc) is 2.91. The molecular weight excluding hydrogens is 312 g/mol. The van der Waals surface area contributed by atoms with Crippen LogP contribution in [0.5, 0.6) is 0 Å². The molecular formula is C14H19ClN2OS2. The molecule has 0 unspecified atom stereocenters. The van der Waals surface area contributed by atoms with Crippen molar-refractivity contribution in [1.82, 2.24) is 10.6 Å². The van der Waals surface area contributed by atoms with Crippen LogP contribution in [0.25, 0.3) is 0 Å². The molecule has 20 heavy (non-hydrogen) atoms. The van der Waals surface area contributed by atoms with Crippen molar-refractivity contribution in [2.24, 2.45) is 5.92 Å². The second-order valence-electron chi connectivity index (χ2n) is 4.93. The van der Waals surface area contributed by atoms with Gasteiger partial charge in [-0.1, -0.05) is 12.1 Å². The van der Waals surface area contributed by atoms with E-state index in [-0.39, 0.29) is 18.3 Å². The maximum Gasteiger partial charge on any atom is 0.251 e. The van der Waals surface area contributed by atoms with Gasteiger partial charge in [0, 0.05) is 42.6 Å². The Labute approximate surface area is 134 Å². The van der Waals surface area contributed by atoms with E-state index in [2.05, 4.69) is 22.8 Å². The minimum absolute atomic E-state index is 0. The van der Waals surface area contributed by atoms with E-state index in [1.165, 1.54) is 17.1 Å². The summed E-state index contributed by atoms with van der Waals surface area (Å²) in [7, 11) is 0. The minimum Gasteiger partial charge on any atom is -0.352 e. The van der Waals surface area contributed by atoms with Crippen LogP contribution >= 0.6 is 35.9 Å². The molecule has 0 aliphatic carbocycles. The zero-order valence-electron chi connectivity index (χ0n) is 11.1. The number of amides is 1. The Morgan fingerprint density at radius 2 is 1.85 bits per heavy atom. The van der Waals surface area contributed by atoms with Crippen molar-refractivity contribution in [1.29, 1.82) is 0 Å². The molecule has 2 N–H and O–H groups in total. The van der Waals surface area contributed by atoms with Crippen LogP contribution in [-0.4, -0.2) is 37.0 Å². The van der Waals surface area contributed by atoms with Crippen LogP contribution in [0.3, 0.4) is 0 Å². The van der Waals surface area contributed by atoms with E-state index in [4.69, 9.17) is 0 Å². The Bertz CT molecular complexity index is 445. The van der Waals surface area contributed by atoms with Crippen LogP contribution in [0.4, 0.5) is 0 Å². The van der Waals surface area contributed by atoms with Crippen molar-refractivity contribution in [2.75, 3.05) is 31.1 Å². The number of halogens is 1. The third kappa shape index (κ3) is 3.85. The normalized spacial score (nSPS) is 19.2. The van der Waals surface area contributed by atoms with Gasteiger partial charge in [-0.05, 0) is 17.7 Å². The topological polar surface area (TPSA) is 41.1 Å². The number of rotatable bonds is 4. The van der Waals surface area contributed by atoms with Gasteiger partial charge >= 0.3 is 0 Å². The maximum absolute atomic E-state index is 12.0. The summed E-state index contributed by atoms with van der Waals surface area (Å²) in [6.45, 7) is 2.83. The molecule has 3 rings (SSSR count). The summed E-state index contributed by atoms with van der Waals surface area (Å²) >= 11 is 3.98. The maximum atomic E-state index is 12.0. The number of hydrogen-bond acceptors (Lipinski definition) is 4. The molecule has 2 saturated heterocycles. The van der Waals surface area contributed by atoms with Gasteiger partial charge in [-0.25, -0.2) is 0 Å². The first kappa shape index (κ1) is 16.0. The van der Waals surface area contributed by atoms with E-state index in [0.717, 1.165) is 25.2 Å². The van der Waals surface area contributed by atoms with Crippen molar-refractivity contribution < 1.29 is 4.79 Å². The number of carbonyl (C=O) groups is 1. The first-order chi connectivity index (χ1) is 9.33. The molecule has 1 aromatic carbocycles. The van der Waals surface area contributed by atoms with Gasteiger partial charge in [-0.2, -0.15) is 0 Å². The number of carbonyl (C=O) groups excluding carboxylic acids is 1. The quantitative estimate of drug-likeness (QED) is 0.890. The smallest absolute Gasteiger partial charge is 0.251 e. The molecule has 6 heteroatoms. The number of benzene rings is 1. The van der Waals surface area contributed by atoms with E-state index in [0.29, 0.717) is 10.5 Å². The first-order valence-corrected chi connectivity index (χ1v) is 8.75. The van der Waals surface area contributed by atoms with Crippen LogP contribution in [0.1, 0.15) is 20.5 Å². The van der Waals surface area contributed by atoms with Gasteiger partial charge in [0.2, 0.25) is 0 Å². The van der Waals surface area contributed by atoms with Crippen LogP contribution in [0.15, 0.2) is 24.3 Å². The standard InChI is InChI=1S/C14H18N2OS2.ClH/c17-13(16-9-10-7-15-8-10)11-1-3-12(4-2-11)14-18-5-6-19-14;/h1-4,10,14-15H,5-9H2,(H,16,17);1H. The van der Waals surface area contributed by atoms with Gasteiger partial charge in [0.1, 0.15) is 0 Å². The summed E-state index contributed by atoms with van der Waals surface area (Å²) in [5.41, 5.74) is 2.09. The molecule has 1 aromatic rings.